The van der Waals surface area contributed by atoms with Gasteiger partial charge in [0.05, 0.1) is 0 Å². The number of halogens is 1. The number of nitrogens with two attached hydrogens (primary N) is 1. The first-order valence-corrected chi connectivity index (χ1v) is 5.39. The first-order valence-electron chi connectivity index (χ1n) is 5.39. The van der Waals surface area contributed by atoms with Crippen LogP contribution in [-0.4, -0.2) is 31.0 Å². The van der Waals surface area contributed by atoms with E-state index >= 15 is 0 Å². The van der Waals surface area contributed by atoms with Gasteiger partial charge >= 0.3 is 0 Å². The first kappa shape index (κ1) is 17.9. The number of guanidine groups is 1. The third kappa shape index (κ3) is 11.5. The standard InChI is InChI=1S/C10H22N4O.HI/c1-4-6-12-10(11)13-7-5-9(15)14-8(2)3;/h8H,4-7H2,1-3H3,(H,14,15)(H3,11,12,13);1H. The number of nitrogens with one attached hydrogen (secondary N) is 2. The van der Waals surface area contributed by atoms with Crippen molar-refractivity contribution in [1.82, 2.24) is 10.6 Å². The van der Waals surface area contributed by atoms with Crippen LogP contribution in [0.4, 0.5) is 0 Å². The summed E-state index contributed by atoms with van der Waals surface area (Å²) in [7, 11) is 0. The molecule has 5 nitrogen and oxygen atoms in total. The van der Waals surface area contributed by atoms with Crippen LogP contribution in [0.5, 0.6) is 0 Å². The molecule has 0 bridgehead atoms. The van der Waals surface area contributed by atoms with E-state index in [-0.39, 0.29) is 35.9 Å². The Balaban J connectivity index is 0. The van der Waals surface area contributed by atoms with Gasteiger partial charge in [0.15, 0.2) is 5.96 Å². The van der Waals surface area contributed by atoms with Gasteiger partial charge in [-0.3, -0.25) is 9.79 Å². The van der Waals surface area contributed by atoms with E-state index in [1.54, 1.807) is 0 Å². The molecule has 0 saturated carbocycles. The van der Waals surface area contributed by atoms with Crippen molar-refractivity contribution in [3.63, 3.8) is 0 Å². The van der Waals surface area contributed by atoms with Gasteiger partial charge in [0.25, 0.3) is 0 Å². The van der Waals surface area contributed by atoms with Crippen molar-refractivity contribution in [3.8, 4) is 0 Å². The number of hydrogen-bond acceptors (Lipinski definition) is 2. The molecule has 0 heterocycles. The normalized spacial score (nSPS) is 10.9. The number of carbonyl (C=O) groups is 1. The third-order valence-electron chi connectivity index (χ3n) is 1.61. The van der Waals surface area contributed by atoms with Gasteiger partial charge in [-0.25, -0.2) is 0 Å². The Hall–Kier alpha value is -0.530. The van der Waals surface area contributed by atoms with Crippen molar-refractivity contribution >= 4 is 35.8 Å². The van der Waals surface area contributed by atoms with E-state index in [4.69, 9.17) is 5.73 Å². The molecule has 0 aromatic carbocycles. The maximum atomic E-state index is 11.2. The average Bonchev–Trinajstić information content (AvgIpc) is 2.13. The summed E-state index contributed by atoms with van der Waals surface area (Å²) in [6, 6.07) is 0.184. The first-order chi connectivity index (χ1) is 7.06. The van der Waals surface area contributed by atoms with Crippen LogP contribution in [-0.2, 0) is 4.79 Å². The number of carbonyl (C=O) groups excluding carboxylic acids is 1. The van der Waals surface area contributed by atoms with Crippen molar-refractivity contribution in [1.29, 1.82) is 0 Å². The lowest BCUT2D eigenvalue weighted by Gasteiger charge is -2.09. The van der Waals surface area contributed by atoms with Gasteiger partial charge in [0.2, 0.25) is 5.91 Å². The highest BCUT2D eigenvalue weighted by atomic mass is 127. The minimum atomic E-state index is 0. The molecule has 0 aliphatic carbocycles. The predicted octanol–water partition coefficient (Wildman–Crippen LogP) is 0.833. The van der Waals surface area contributed by atoms with Gasteiger partial charge in [-0.1, -0.05) is 6.92 Å². The van der Waals surface area contributed by atoms with Crippen LogP contribution in [0.25, 0.3) is 0 Å². The molecule has 0 atom stereocenters. The molecule has 1 amide bonds. The second-order valence-electron chi connectivity index (χ2n) is 3.67. The minimum absolute atomic E-state index is 0. The predicted molar refractivity (Wildman–Crippen MR) is 78.1 cm³/mol. The van der Waals surface area contributed by atoms with Gasteiger partial charge in [0, 0.05) is 25.6 Å². The Morgan fingerprint density at radius 3 is 2.56 bits per heavy atom. The fourth-order valence-electron chi connectivity index (χ4n) is 0.986. The summed E-state index contributed by atoms with van der Waals surface area (Å²) in [5, 5.41) is 5.69. The van der Waals surface area contributed by atoms with E-state index in [9.17, 15) is 4.79 Å². The van der Waals surface area contributed by atoms with Crippen molar-refractivity contribution in [2.45, 2.75) is 39.7 Å². The smallest absolute Gasteiger partial charge is 0.221 e. The molecular weight excluding hydrogens is 319 g/mol. The summed E-state index contributed by atoms with van der Waals surface area (Å²) in [4.78, 5) is 15.3. The van der Waals surface area contributed by atoms with Crippen LogP contribution in [0.3, 0.4) is 0 Å². The Kier molecular flexibility index (Phi) is 12.2. The second kappa shape index (κ2) is 11.0. The molecule has 0 aromatic rings. The summed E-state index contributed by atoms with van der Waals surface area (Å²) >= 11 is 0. The molecule has 0 fully saturated rings. The van der Waals surface area contributed by atoms with Crippen molar-refractivity contribution in [2.75, 3.05) is 13.1 Å². The molecule has 0 aromatic heterocycles. The summed E-state index contributed by atoms with van der Waals surface area (Å²) in [6.07, 6.45) is 1.39. The van der Waals surface area contributed by atoms with Crippen LogP contribution < -0.4 is 16.4 Å². The van der Waals surface area contributed by atoms with Crippen LogP contribution in [0.1, 0.15) is 33.6 Å². The largest absolute Gasteiger partial charge is 0.370 e. The van der Waals surface area contributed by atoms with E-state index in [2.05, 4.69) is 15.6 Å². The summed E-state index contributed by atoms with van der Waals surface area (Å²) < 4.78 is 0. The Morgan fingerprint density at radius 1 is 1.44 bits per heavy atom. The van der Waals surface area contributed by atoms with Crippen LogP contribution in [0, 0.1) is 0 Å². The maximum Gasteiger partial charge on any atom is 0.221 e. The molecule has 0 aliphatic rings. The molecule has 0 rings (SSSR count). The summed E-state index contributed by atoms with van der Waals surface area (Å²) in [6.45, 7) is 7.15. The van der Waals surface area contributed by atoms with Crippen LogP contribution >= 0.6 is 24.0 Å². The minimum Gasteiger partial charge on any atom is -0.370 e. The Bertz CT molecular complexity index is 219. The quantitative estimate of drug-likeness (QED) is 0.380. The zero-order chi connectivity index (χ0) is 11.7. The fourth-order valence-corrected chi connectivity index (χ4v) is 0.986. The average molecular weight is 342 g/mol. The monoisotopic (exact) mass is 342 g/mol. The molecule has 6 heteroatoms. The highest BCUT2D eigenvalue weighted by Gasteiger charge is 2.02. The molecule has 0 aliphatic heterocycles. The fraction of sp³-hybridized carbons (Fsp3) is 0.800. The summed E-state index contributed by atoms with van der Waals surface area (Å²) in [5.74, 6) is 0.440. The number of amides is 1. The number of hydrogen-bond donors (Lipinski definition) is 3. The Labute approximate surface area is 115 Å². The van der Waals surface area contributed by atoms with Crippen LogP contribution in [0.15, 0.2) is 4.99 Å². The van der Waals surface area contributed by atoms with Gasteiger partial charge in [-0.15, -0.1) is 24.0 Å². The molecule has 0 spiro atoms. The van der Waals surface area contributed by atoms with Gasteiger partial charge < -0.3 is 16.4 Å². The lowest BCUT2D eigenvalue weighted by Crippen LogP contribution is -2.37. The molecule has 0 saturated heterocycles. The van der Waals surface area contributed by atoms with E-state index in [0.717, 1.165) is 13.0 Å². The van der Waals surface area contributed by atoms with Crippen LogP contribution in [0.2, 0.25) is 0 Å². The summed E-state index contributed by atoms with van der Waals surface area (Å²) in [5.41, 5.74) is 5.55. The van der Waals surface area contributed by atoms with Gasteiger partial charge in [-0.05, 0) is 20.3 Å². The lowest BCUT2D eigenvalue weighted by molar-refractivity contribution is -0.121. The zero-order valence-corrected chi connectivity index (χ0v) is 12.6. The Morgan fingerprint density at radius 2 is 2.06 bits per heavy atom. The van der Waals surface area contributed by atoms with Crippen molar-refractivity contribution in [2.24, 2.45) is 10.7 Å². The third-order valence-corrected chi connectivity index (χ3v) is 1.61. The maximum absolute atomic E-state index is 11.2. The molecule has 0 unspecified atom stereocenters. The van der Waals surface area contributed by atoms with E-state index in [1.807, 2.05) is 20.8 Å². The number of aliphatic imine (C=N–C) groups is 1. The highest BCUT2D eigenvalue weighted by molar-refractivity contribution is 14.0. The van der Waals surface area contributed by atoms with E-state index in [1.165, 1.54) is 0 Å². The SMILES string of the molecule is CCCN=C(N)NCCC(=O)NC(C)C.I. The molecule has 0 radical (unpaired) electrons. The van der Waals surface area contributed by atoms with Gasteiger partial charge in [0.1, 0.15) is 0 Å². The van der Waals surface area contributed by atoms with Crippen molar-refractivity contribution in [3.05, 3.63) is 0 Å². The molecular formula is C10H23IN4O. The molecule has 16 heavy (non-hydrogen) atoms. The number of nitrogens with zero attached hydrogens (tertiary/aromatic N) is 1. The molecule has 96 valence electrons. The highest BCUT2D eigenvalue weighted by Crippen LogP contribution is 1.82. The van der Waals surface area contributed by atoms with E-state index in [0.29, 0.717) is 18.9 Å². The lowest BCUT2D eigenvalue weighted by atomic mass is 10.3. The van der Waals surface area contributed by atoms with E-state index < -0.39 is 0 Å². The van der Waals surface area contributed by atoms with Crippen molar-refractivity contribution < 1.29 is 4.79 Å². The topological polar surface area (TPSA) is 79.5 Å². The molecule has 4 N–H and O–H groups in total. The number of rotatable bonds is 6. The second-order valence-corrected chi connectivity index (χ2v) is 3.67. The zero-order valence-electron chi connectivity index (χ0n) is 10.2. The van der Waals surface area contributed by atoms with Gasteiger partial charge in [-0.2, -0.15) is 0 Å².